The molecule has 10 heteroatoms. The number of benzene rings is 1. The van der Waals surface area contributed by atoms with Crippen molar-refractivity contribution < 1.29 is 22.4 Å². The smallest absolute Gasteiger partial charge is 0.242 e. The van der Waals surface area contributed by atoms with Crippen molar-refractivity contribution in [3.63, 3.8) is 0 Å². The van der Waals surface area contributed by atoms with Crippen LogP contribution in [0.2, 0.25) is 5.02 Å². The number of nitrogens with one attached hydrogen (secondary N) is 1. The van der Waals surface area contributed by atoms with E-state index in [0.717, 1.165) is 43.4 Å². The number of sulfonamides is 1. The highest BCUT2D eigenvalue weighted by molar-refractivity contribution is 7.89. The predicted octanol–water partition coefficient (Wildman–Crippen LogP) is 5.02. The normalized spacial score (nSPS) is 15.7. The Bertz CT molecular complexity index is 968. The van der Waals surface area contributed by atoms with Crippen molar-refractivity contribution in [2.24, 2.45) is 17.6 Å². The SMILES string of the molecule is CC(C)C[C@@H](C(N)=O)N(CCCNS(=O)(=O)c1ccc(F)cc1Cl)C(=O)CCCCC1CCCCC1. The highest BCUT2D eigenvalue weighted by Gasteiger charge is 2.28. The van der Waals surface area contributed by atoms with Crippen LogP contribution in [-0.4, -0.2) is 44.3 Å². The monoisotopic (exact) mass is 545 g/mol. The molecule has 0 aromatic heterocycles. The van der Waals surface area contributed by atoms with E-state index in [9.17, 15) is 22.4 Å². The molecule has 1 atom stereocenters. The summed E-state index contributed by atoms with van der Waals surface area (Å²) >= 11 is 5.89. The lowest BCUT2D eigenvalue weighted by Gasteiger charge is -2.31. The van der Waals surface area contributed by atoms with E-state index in [4.69, 9.17) is 17.3 Å². The van der Waals surface area contributed by atoms with Crippen molar-refractivity contribution >= 4 is 33.4 Å². The van der Waals surface area contributed by atoms with Gasteiger partial charge in [-0.25, -0.2) is 17.5 Å². The Morgan fingerprint density at radius 2 is 1.86 bits per heavy atom. The molecule has 36 heavy (non-hydrogen) atoms. The molecule has 1 aromatic rings. The number of primary amides is 1. The second-order valence-electron chi connectivity index (χ2n) is 10.2. The Morgan fingerprint density at radius 3 is 2.47 bits per heavy atom. The number of nitrogens with two attached hydrogens (primary N) is 1. The molecule has 0 radical (unpaired) electrons. The van der Waals surface area contributed by atoms with Crippen LogP contribution < -0.4 is 10.5 Å². The highest BCUT2D eigenvalue weighted by Crippen LogP contribution is 2.28. The van der Waals surface area contributed by atoms with Crippen molar-refractivity contribution in [1.29, 1.82) is 0 Å². The van der Waals surface area contributed by atoms with Gasteiger partial charge in [-0.15, -0.1) is 0 Å². The third-order valence-corrected chi connectivity index (χ3v) is 8.69. The third kappa shape index (κ3) is 9.98. The van der Waals surface area contributed by atoms with Crippen LogP contribution in [0.5, 0.6) is 0 Å². The molecule has 2 amide bonds. The quantitative estimate of drug-likeness (QED) is 0.302. The van der Waals surface area contributed by atoms with Gasteiger partial charge >= 0.3 is 0 Å². The van der Waals surface area contributed by atoms with Gasteiger partial charge in [-0.2, -0.15) is 0 Å². The van der Waals surface area contributed by atoms with E-state index in [2.05, 4.69) is 4.72 Å². The minimum atomic E-state index is -3.95. The molecule has 0 aliphatic heterocycles. The molecule has 1 aliphatic rings. The molecule has 0 heterocycles. The second kappa shape index (κ2) is 14.9. The molecule has 1 aromatic carbocycles. The number of hydrogen-bond donors (Lipinski definition) is 2. The van der Waals surface area contributed by atoms with Gasteiger partial charge in [-0.3, -0.25) is 9.59 Å². The molecule has 1 fully saturated rings. The molecule has 2 rings (SSSR count). The van der Waals surface area contributed by atoms with Crippen LogP contribution in [-0.2, 0) is 19.6 Å². The van der Waals surface area contributed by atoms with Gasteiger partial charge in [0.15, 0.2) is 0 Å². The molecule has 0 bridgehead atoms. The average Bonchev–Trinajstić information content (AvgIpc) is 2.80. The minimum absolute atomic E-state index is 0.0225. The summed E-state index contributed by atoms with van der Waals surface area (Å²) in [5, 5.41) is -0.210. The summed E-state index contributed by atoms with van der Waals surface area (Å²) in [6, 6.07) is 2.33. The van der Waals surface area contributed by atoms with Crippen LogP contribution in [0.15, 0.2) is 23.1 Å². The Morgan fingerprint density at radius 1 is 1.17 bits per heavy atom. The lowest BCUT2D eigenvalue weighted by atomic mass is 9.85. The zero-order valence-electron chi connectivity index (χ0n) is 21.5. The average molecular weight is 546 g/mol. The summed E-state index contributed by atoms with van der Waals surface area (Å²) in [4.78, 5) is 26.7. The van der Waals surface area contributed by atoms with Gasteiger partial charge in [0, 0.05) is 19.5 Å². The van der Waals surface area contributed by atoms with E-state index in [1.807, 2.05) is 13.8 Å². The van der Waals surface area contributed by atoms with Crippen LogP contribution in [0, 0.1) is 17.7 Å². The van der Waals surface area contributed by atoms with Crippen molar-refractivity contribution in [3.05, 3.63) is 29.0 Å². The van der Waals surface area contributed by atoms with Gasteiger partial charge < -0.3 is 10.6 Å². The molecular formula is C26H41ClFN3O4S. The number of amides is 2. The molecule has 1 aliphatic carbocycles. The number of carbonyl (C=O) groups excluding carboxylic acids is 2. The largest absolute Gasteiger partial charge is 0.368 e. The van der Waals surface area contributed by atoms with Crippen molar-refractivity contribution in [3.8, 4) is 0 Å². The minimum Gasteiger partial charge on any atom is -0.368 e. The van der Waals surface area contributed by atoms with E-state index in [1.54, 1.807) is 0 Å². The summed E-state index contributed by atoms with van der Waals surface area (Å²) in [6.07, 6.45) is 10.4. The Kier molecular flexibility index (Phi) is 12.6. The first-order valence-electron chi connectivity index (χ1n) is 13.0. The van der Waals surface area contributed by atoms with Crippen molar-refractivity contribution in [2.75, 3.05) is 13.1 Å². The number of carbonyl (C=O) groups is 2. The molecule has 204 valence electrons. The Balaban J connectivity index is 1.95. The van der Waals surface area contributed by atoms with Gasteiger partial charge in [-0.05, 0) is 49.3 Å². The molecule has 7 nitrogen and oxygen atoms in total. The van der Waals surface area contributed by atoms with Gasteiger partial charge in [0.05, 0.1) is 5.02 Å². The Hall–Kier alpha value is -1.71. The van der Waals surface area contributed by atoms with Gasteiger partial charge in [0.2, 0.25) is 21.8 Å². The zero-order chi connectivity index (χ0) is 26.7. The lowest BCUT2D eigenvalue weighted by molar-refractivity contribution is -0.140. The summed E-state index contributed by atoms with van der Waals surface area (Å²) < 4.78 is 40.8. The standard InChI is InChI=1S/C26H41ClFN3O4S/c1-19(2)17-23(26(29)33)31(25(32)12-7-6-11-20-9-4-3-5-10-20)16-8-15-30-36(34,35)24-14-13-21(28)18-22(24)27/h13-14,18-20,23,30H,3-12,15-17H2,1-2H3,(H2,29,33)/t23-/m0/s1. The molecule has 1 saturated carbocycles. The van der Waals surface area contributed by atoms with Crippen molar-refractivity contribution in [2.45, 2.75) is 95.4 Å². The first kappa shape index (κ1) is 30.5. The second-order valence-corrected chi connectivity index (χ2v) is 12.4. The van der Waals surface area contributed by atoms with Crippen LogP contribution in [0.4, 0.5) is 4.39 Å². The molecular weight excluding hydrogens is 505 g/mol. The van der Waals surface area contributed by atoms with Gasteiger partial charge in [0.25, 0.3) is 0 Å². The van der Waals surface area contributed by atoms with E-state index in [0.29, 0.717) is 12.8 Å². The fourth-order valence-electron chi connectivity index (χ4n) is 4.85. The number of nitrogens with zero attached hydrogens (tertiary/aromatic N) is 1. The van der Waals surface area contributed by atoms with Crippen molar-refractivity contribution in [1.82, 2.24) is 9.62 Å². The summed E-state index contributed by atoms with van der Waals surface area (Å²) in [6.45, 7) is 4.14. The summed E-state index contributed by atoms with van der Waals surface area (Å²) in [5.41, 5.74) is 5.66. The van der Waals surface area contributed by atoms with E-state index < -0.39 is 27.8 Å². The predicted molar refractivity (Wildman–Crippen MR) is 140 cm³/mol. The summed E-state index contributed by atoms with van der Waals surface area (Å²) in [7, 11) is -3.95. The zero-order valence-corrected chi connectivity index (χ0v) is 23.1. The maximum Gasteiger partial charge on any atom is 0.242 e. The number of rotatable bonds is 15. The number of unbranched alkanes of at least 4 members (excludes halogenated alkanes) is 1. The van der Waals surface area contributed by atoms with Crippen LogP contribution in [0.1, 0.15) is 84.5 Å². The number of halogens is 2. The van der Waals surface area contributed by atoms with Gasteiger partial charge in [0.1, 0.15) is 16.8 Å². The van der Waals surface area contributed by atoms with Crippen LogP contribution >= 0.6 is 11.6 Å². The first-order valence-corrected chi connectivity index (χ1v) is 14.9. The summed E-state index contributed by atoms with van der Waals surface area (Å²) in [5.74, 6) is -0.407. The third-order valence-electron chi connectivity index (χ3n) is 6.75. The molecule has 0 saturated heterocycles. The molecule has 0 spiro atoms. The fraction of sp³-hybridized carbons (Fsp3) is 0.692. The van der Waals surface area contributed by atoms with E-state index in [-0.39, 0.29) is 41.3 Å². The Labute approximate surface area is 220 Å². The molecule has 3 N–H and O–H groups in total. The lowest BCUT2D eigenvalue weighted by Crippen LogP contribution is -2.49. The highest BCUT2D eigenvalue weighted by atomic mass is 35.5. The molecule has 0 unspecified atom stereocenters. The number of hydrogen-bond acceptors (Lipinski definition) is 4. The maximum atomic E-state index is 13.3. The topological polar surface area (TPSA) is 110 Å². The van der Waals surface area contributed by atoms with Crippen LogP contribution in [0.25, 0.3) is 0 Å². The van der Waals surface area contributed by atoms with E-state index in [1.165, 1.54) is 37.0 Å². The van der Waals surface area contributed by atoms with Gasteiger partial charge in [-0.1, -0.05) is 70.4 Å². The van der Waals surface area contributed by atoms with Crippen LogP contribution in [0.3, 0.4) is 0 Å². The first-order chi connectivity index (χ1) is 17.0. The maximum absolute atomic E-state index is 13.3. The van der Waals surface area contributed by atoms with E-state index >= 15 is 0 Å². The fourth-order valence-corrected chi connectivity index (χ4v) is 6.46.